The van der Waals surface area contributed by atoms with Crippen LogP contribution in [0.25, 0.3) is 0 Å². The van der Waals surface area contributed by atoms with Crippen molar-refractivity contribution in [2.24, 2.45) is 5.92 Å². The van der Waals surface area contributed by atoms with Crippen LogP contribution in [-0.2, 0) is 11.3 Å². The Labute approximate surface area is 96.0 Å². The third kappa shape index (κ3) is 3.38. The molecule has 0 spiro atoms. The largest absolute Gasteiger partial charge is 0.467 e. The van der Waals surface area contributed by atoms with Gasteiger partial charge in [0.15, 0.2) is 0 Å². The van der Waals surface area contributed by atoms with Gasteiger partial charge in [0.05, 0.1) is 19.2 Å². The SMILES string of the molecule is COC(=O)c1coc(CNC(C)C(C)C)c1. The molecule has 90 valence electrons. The lowest BCUT2D eigenvalue weighted by Crippen LogP contribution is -2.29. The number of esters is 1. The molecule has 0 amide bonds. The summed E-state index contributed by atoms with van der Waals surface area (Å²) in [6.45, 7) is 7.05. The van der Waals surface area contributed by atoms with Crippen molar-refractivity contribution in [1.29, 1.82) is 0 Å². The molecule has 1 N–H and O–H groups in total. The Hall–Kier alpha value is -1.29. The normalized spacial score (nSPS) is 12.8. The maximum absolute atomic E-state index is 11.2. The number of carbonyl (C=O) groups is 1. The topological polar surface area (TPSA) is 51.5 Å². The van der Waals surface area contributed by atoms with E-state index in [2.05, 4.69) is 30.8 Å². The molecule has 0 fully saturated rings. The molecule has 0 aromatic carbocycles. The van der Waals surface area contributed by atoms with Crippen molar-refractivity contribution < 1.29 is 13.9 Å². The zero-order valence-electron chi connectivity index (χ0n) is 10.2. The minimum absolute atomic E-state index is 0.369. The first-order valence-corrected chi connectivity index (χ1v) is 5.43. The molecule has 1 aromatic rings. The van der Waals surface area contributed by atoms with Gasteiger partial charge in [-0.1, -0.05) is 13.8 Å². The first-order valence-electron chi connectivity index (χ1n) is 5.43. The van der Waals surface area contributed by atoms with Crippen LogP contribution >= 0.6 is 0 Å². The zero-order chi connectivity index (χ0) is 12.1. The van der Waals surface area contributed by atoms with Gasteiger partial charge in [-0.25, -0.2) is 4.79 Å². The molecule has 0 aliphatic heterocycles. The molecule has 1 heterocycles. The number of rotatable bonds is 5. The summed E-state index contributed by atoms with van der Waals surface area (Å²) < 4.78 is 9.85. The van der Waals surface area contributed by atoms with E-state index in [0.717, 1.165) is 5.76 Å². The summed E-state index contributed by atoms with van der Waals surface area (Å²) in [5.74, 6) is 0.940. The third-order valence-corrected chi connectivity index (χ3v) is 2.67. The molecule has 0 aliphatic carbocycles. The van der Waals surface area contributed by atoms with E-state index >= 15 is 0 Å². The van der Waals surface area contributed by atoms with Crippen molar-refractivity contribution in [3.8, 4) is 0 Å². The summed E-state index contributed by atoms with van der Waals surface area (Å²) in [5, 5.41) is 3.32. The van der Waals surface area contributed by atoms with Crippen LogP contribution in [0.2, 0.25) is 0 Å². The van der Waals surface area contributed by atoms with Crippen LogP contribution in [0.4, 0.5) is 0 Å². The molecule has 0 saturated carbocycles. The predicted octanol–water partition coefficient (Wildman–Crippen LogP) is 2.20. The number of ether oxygens (including phenoxy) is 1. The van der Waals surface area contributed by atoms with Gasteiger partial charge in [-0.3, -0.25) is 0 Å². The summed E-state index contributed by atoms with van der Waals surface area (Å²) in [7, 11) is 1.36. The Kier molecular flexibility index (Phi) is 4.55. The van der Waals surface area contributed by atoms with Crippen LogP contribution in [0.15, 0.2) is 16.7 Å². The predicted molar refractivity (Wildman–Crippen MR) is 61.2 cm³/mol. The Balaban J connectivity index is 2.49. The summed E-state index contributed by atoms with van der Waals surface area (Å²) in [6, 6.07) is 2.11. The van der Waals surface area contributed by atoms with Gasteiger partial charge in [-0.2, -0.15) is 0 Å². The molecule has 16 heavy (non-hydrogen) atoms. The highest BCUT2D eigenvalue weighted by atomic mass is 16.5. The zero-order valence-corrected chi connectivity index (χ0v) is 10.2. The first kappa shape index (κ1) is 12.8. The van der Waals surface area contributed by atoms with Gasteiger partial charge in [0.1, 0.15) is 12.0 Å². The fourth-order valence-corrected chi connectivity index (χ4v) is 1.20. The maximum Gasteiger partial charge on any atom is 0.341 e. The van der Waals surface area contributed by atoms with E-state index in [4.69, 9.17) is 4.42 Å². The highest BCUT2D eigenvalue weighted by Crippen LogP contribution is 2.10. The minimum atomic E-state index is -0.369. The molecule has 0 bridgehead atoms. The average molecular weight is 225 g/mol. The van der Waals surface area contributed by atoms with Crippen LogP contribution < -0.4 is 5.32 Å². The highest BCUT2D eigenvalue weighted by molar-refractivity contribution is 5.88. The lowest BCUT2D eigenvalue weighted by atomic mass is 10.1. The number of furan rings is 1. The van der Waals surface area contributed by atoms with Crippen LogP contribution in [-0.4, -0.2) is 19.1 Å². The second-order valence-corrected chi connectivity index (χ2v) is 4.21. The fourth-order valence-electron chi connectivity index (χ4n) is 1.20. The second-order valence-electron chi connectivity index (χ2n) is 4.21. The van der Waals surface area contributed by atoms with Gasteiger partial charge in [0, 0.05) is 6.04 Å². The Morgan fingerprint density at radius 2 is 2.19 bits per heavy atom. The highest BCUT2D eigenvalue weighted by Gasteiger charge is 2.11. The van der Waals surface area contributed by atoms with Gasteiger partial charge < -0.3 is 14.5 Å². The first-order chi connectivity index (χ1) is 7.54. The quantitative estimate of drug-likeness (QED) is 0.780. The Morgan fingerprint density at radius 1 is 1.50 bits per heavy atom. The summed E-state index contributed by atoms with van der Waals surface area (Å²) in [4.78, 5) is 11.2. The van der Waals surface area contributed by atoms with Crippen LogP contribution in [0.1, 0.15) is 36.9 Å². The summed E-state index contributed by atoms with van der Waals surface area (Å²) >= 11 is 0. The molecule has 1 aromatic heterocycles. The van der Waals surface area contributed by atoms with E-state index in [1.165, 1.54) is 13.4 Å². The van der Waals surface area contributed by atoms with E-state index in [0.29, 0.717) is 24.1 Å². The number of carbonyl (C=O) groups excluding carboxylic acids is 1. The average Bonchev–Trinajstić information content (AvgIpc) is 2.73. The number of methoxy groups -OCH3 is 1. The van der Waals surface area contributed by atoms with E-state index in [1.54, 1.807) is 6.07 Å². The van der Waals surface area contributed by atoms with E-state index in [-0.39, 0.29) is 5.97 Å². The molecule has 4 nitrogen and oxygen atoms in total. The number of hydrogen-bond acceptors (Lipinski definition) is 4. The van der Waals surface area contributed by atoms with E-state index in [1.807, 2.05) is 0 Å². The van der Waals surface area contributed by atoms with Crippen molar-refractivity contribution in [3.63, 3.8) is 0 Å². The van der Waals surface area contributed by atoms with Crippen molar-refractivity contribution in [2.45, 2.75) is 33.4 Å². The lowest BCUT2D eigenvalue weighted by molar-refractivity contribution is 0.0600. The molecule has 1 unspecified atom stereocenters. The van der Waals surface area contributed by atoms with Crippen LogP contribution in [0.3, 0.4) is 0 Å². The van der Waals surface area contributed by atoms with Crippen molar-refractivity contribution in [3.05, 3.63) is 23.7 Å². The molecule has 1 rings (SSSR count). The summed E-state index contributed by atoms with van der Waals surface area (Å²) in [6.07, 6.45) is 1.42. The van der Waals surface area contributed by atoms with E-state index in [9.17, 15) is 4.79 Å². The van der Waals surface area contributed by atoms with Crippen molar-refractivity contribution >= 4 is 5.97 Å². The van der Waals surface area contributed by atoms with Crippen LogP contribution in [0, 0.1) is 5.92 Å². The summed E-state index contributed by atoms with van der Waals surface area (Å²) in [5.41, 5.74) is 0.455. The monoisotopic (exact) mass is 225 g/mol. The molecule has 4 heteroatoms. The fraction of sp³-hybridized carbons (Fsp3) is 0.583. The van der Waals surface area contributed by atoms with Gasteiger partial charge >= 0.3 is 5.97 Å². The third-order valence-electron chi connectivity index (χ3n) is 2.67. The van der Waals surface area contributed by atoms with E-state index < -0.39 is 0 Å². The molecule has 0 radical (unpaired) electrons. The standard InChI is InChI=1S/C12H19NO3/c1-8(2)9(3)13-6-11-5-10(7-16-11)12(14)15-4/h5,7-9,13H,6H2,1-4H3. The van der Waals surface area contributed by atoms with Crippen LogP contribution in [0.5, 0.6) is 0 Å². The molecule has 1 atom stereocenters. The maximum atomic E-state index is 11.2. The Morgan fingerprint density at radius 3 is 2.75 bits per heavy atom. The molecule has 0 aliphatic rings. The second kappa shape index (κ2) is 5.70. The molecular weight excluding hydrogens is 206 g/mol. The van der Waals surface area contributed by atoms with Gasteiger partial charge in [0.2, 0.25) is 0 Å². The Bertz CT molecular complexity index is 344. The van der Waals surface area contributed by atoms with Crippen molar-refractivity contribution in [2.75, 3.05) is 7.11 Å². The number of hydrogen-bond donors (Lipinski definition) is 1. The lowest BCUT2D eigenvalue weighted by Gasteiger charge is -2.16. The van der Waals surface area contributed by atoms with Gasteiger partial charge in [0.25, 0.3) is 0 Å². The smallest absolute Gasteiger partial charge is 0.341 e. The molecular formula is C12H19NO3. The van der Waals surface area contributed by atoms with Gasteiger partial charge in [-0.15, -0.1) is 0 Å². The minimum Gasteiger partial charge on any atom is -0.467 e. The number of nitrogens with one attached hydrogen (secondary N) is 1. The molecule has 0 saturated heterocycles. The van der Waals surface area contributed by atoms with Crippen molar-refractivity contribution in [1.82, 2.24) is 5.32 Å². The van der Waals surface area contributed by atoms with Gasteiger partial charge in [-0.05, 0) is 18.9 Å².